The number of thiazole rings is 1. The predicted molar refractivity (Wildman–Crippen MR) is 116 cm³/mol. The van der Waals surface area contributed by atoms with E-state index in [9.17, 15) is 14.4 Å². The minimum Gasteiger partial charge on any atom is -0.302 e. The van der Waals surface area contributed by atoms with Gasteiger partial charge in [-0.3, -0.25) is 19.3 Å². The zero-order valence-corrected chi connectivity index (χ0v) is 17.5. The Hall–Kier alpha value is -3.03. The summed E-state index contributed by atoms with van der Waals surface area (Å²) in [6, 6.07) is 14.4. The summed E-state index contributed by atoms with van der Waals surface area (Å²) in [7, 11) is 0. The summed E-state index contributed by atoms with van der Waals surface area (Å²) in [6.07, 6.45) is 2.94. The van der Waals surface area contributed by atoms with Crippen LogP contribution in [0.4, 0.5) is 5.13 Å². The fourth-order valence-electron chi connectivity index (χ4n) is 3.30. The Morgan fingerprint density at radius 1 is 1.03 bits per heavy atom. The van der Waals surface area contributed by atoms with Gasteiger partial charge in [0.25, 0.3) is 11.8 Å². The van der Waals surface area contributed by atoms with Crippen LogP contribution in [0, 0.1) is 0 Å². The van der Waals surface area contributed by atoms with E-state index in [1.165, 1.54) is 16.2 Å². The molecular formula is C22H18ClN3O3S. The summed E-state index contributed by atoms with van der Waals surface area (Å²) >= 11 is 7.58. The topological polar surface area (TPSA) is 79.4 Å². The van der Waals surface area contributed by atoms with Gasteiger partial charge < -0.3 is 5.32 Å². The number of amides is 3. The highest BCUT2D eigenvalue weighted by molar-refractivity contribution is 7.15. The number of carbonyl (C=O) groups excluding carboxylic acids is 3. The Balaban J connectivity index is 1.27. The first-order valence-corrected chi connectivity index (χ1v) is 10.7. The molecule has 3 amide bonds. The number of fused-ring (bicyclic) bond motifs is 1. The first kappa shape index (κ1) is 20.3. The number of halogens is 1. The number of carbonyl (C=O) groups is 3. The van der Waals surface area contributed by atoms with Gasteiger partial charge in [0.05, 0.1) is 11.1 Å². The number of hydrogen-bond donors (Lipinski definition) is 1. The Labute approximate surface area is 182 Å². The number of anilines is 1. The largest absolute Gasteiger partial charge is 0.302 e. The lowest BCUT2D eigenvalue weighted by atomic mass is 10.1. The number of imide groups is 1. The van der Waals surface area contributed by atoms with Crippen LogP contribution in [0.1, 0.15) is 44.0 Å². The van der Waals surface area contributed by atoms with Gasteiger partial charge in [-0.2, -0.15) is 0 Å². The van der Waals surface area contributed by atoms with Crippen LogP contribution in [0.5, 0.6) is 0 Å². The molecule has 30 heavy (non-hydrogen) atoms. The van der Waals surface area contributed by atoms with Crippen LogP contribution in [0.15, 0.2) is 54.7 Å². The second-order valence-corrected chi connectivity index (χ2v) is 8.38. The molecule has 1 N–H and O–H groups in total. The average Bonchev–Trinajstić information content (AvgIpc) is 3.27. The molecule has 152 valence electrons. The van der Waals surface area contributed by atoms with Crippen LogP contribution in [0.2, 0.25) is 5.02 Å². The molecule has 4 rings (SSSR count). The number of nitrogens with one attached hydrogen (secondary N) is 1. The predicted octanol–water partition coefficient (Wildman–Crippen LogP) is 4.40. The minimum absolute atomic E-state index is 0.187. The molecule has 0 fully saturated rings. The molecule has 1 aromatic heterocycles. The van der Waals surface area contributed by atoms with Crippen LogP contribution >= 0.6 is 22.9 Å². The summed E-state index contributed by atoms with van der Waals surface area (Å²) in [5.41, 5.74) is 1.84. The van der Waals surface area contributed by atoms with Crippen LogP contribution in [0.25, 0.3) is 0 Å². The van der Waals surface area contributed by atoms with Gasteiger partial charge >= 0.3 is 0 Å². The van der Waals surface area contributed by atoms with Gasteiger partial charge in [-0.25, -0.2) is 4.98 Å². The molecule has 0 unspecified atom stereocenters. The summed E-state index contributed by atoms with van der Waals surface area (Å²) < 4.78 is 0. The van der Waals surface area contributed by atoms with Crippen LogP contribution in [-0.4, -0.2) is 34.2 Å². The van der Waals surface area contributed by atoms with E-state index >= 15 is 0 Å². The van der Waals surface area contributed by atoms with Crippen molar-refractivity contribution >= 4 is 45.8 Å². The zero-order valence-electron chi connectivity index (χ0n) is 15.9. The average molecular weight is 440 g/mol. The monoisotopic (exact) mass is 439 g/mol. The SMILES string of the molecule is O=C(CCCN1C(=O)c2ccccc2C1=O)Nc1ncc(Cc2ccccc2Cl)s1. The third kappa shape index (κ3) is 4.27. The second-order valence-electron chi connectivity index (χ2n) is 6.86. The highest BCUT2D eigenvalue weighted by Crippen LogP contribution is 2.25. The van der Waals surface area contributed by atoms with Crippen molar-refractivity contribution in [3.8, 4) is 0 Å². The van der Waals surface area contributed by atoms with E-state index < -0.39 is 0 Å². The molecule has 0 saturated heterocycles. The van der Waals surface area contributed by atoms with E-state index in [1.54, 1.807) is 30.5 Å². The lowest BCUT2D eigenvalue weighted by Crippen LogP contribution is -2.31. The van der Waals surface area contributed by atoms with Gasteiger partial charge in [0.1, 0.15) is 0 Å². The van der Waals surface area contributed by atoms with Gasteiger partial charge in [0.15, 0.2) is 5.13 Å². The first-order chi connectivity index (χ1) is 14.5. The van der Waals surface area contributed by atoms with Gasteiger partial charge in [-0.15, -0.1) is 11.3 Å². The zero-order chi connectivity index (χ0) is 21.1. The summed E-state index contributed by atoms with van der Waals surface area (Å²) in [6.45, 7) is 0.204. The standard InChI is InChI=1S/C22H18ClN3O3S/c23-18-9-4-1-6-14(18)12-15-13-24-22(30-15)25-19(27)10-5-11-26-20(28)16-7-2-3-8-17(16)21(26)29/h1-4,6-9,13H,5,10-12H2,(H,24,25,27). The Morgan fingerprint density at radius 3 is 2.40 bits per heavy atom. The van der Waals surface area contributed by atoms with Crippen molar-refractivity contribution in [3.05, 3.63) is 81.3 Å². The van der Waals surface area contributed by atoms with Crippen molar-refractivity contribution in [2.45, 2.75) is 19.3 Å². The van der Waals surface area contributed by atoms with Crippen molar-refractivity contribution in [1.82, 2.24) is 9.88 Å². The molecule has 3 aromatic rings. The molecular weight excluding hydrogens is 422 g/mol. The minimum atomic E-state index is -0.305. The molecule has 1 aliphatic rings. The van der Waals surface area contributed by atoms with E-state index in [0.717, 1.165) is 10.4 Å². The molecule has 0 aliphatic carbocycles. The maximum absolute atomic E-state index is 12.3. The van der Waals surface area contributed by atoms with E-state index in [-0.39, 0.29) is 30.7 Å². The smallest absolute Gasteiger partial charge is 0.261 e. The molecule has 6 nitrogen and oxygen atoms in total. The molecule has 8 heteroatoms. The van der Waals surface area contributed by atoms with Gasteiger partial charge in [0.2, 0.25) is 5.91 Å². The Bertz CT molecular complexity index is 1090. The molecule has 0 bridgehead atoms. The fraction of sp³-hybridized carbons (Fsp3) is 0.182. The fourth-order valence-corrected chi connectivity index (χ4v) is 4.35. The van der Waals surface area contributed by atoms with Crippen molar-refractivity contribution in [2.24, 2.45) is 0 Å². The summed E-state index contributed by atoms with van der Waals surface area (Å²) in [5, 5.41) is 3.99. The highest BCUT2D eigenvalue weighted by Gasteiger charge is 2.34. The van der Waals surface area contributed by atoms with Crippen LogP contribution in [-0.2, 0) is 11.2 Å². The molecule has 0 atom stereocenters. The number of nitrogens with zero attached hydrogens (tertiary/aromatic N) is 2. The van der Waals surface area contributed by atoms with Crippen molar-refractivity contribution in [1.29, 1.82) is 0 Å². The summed E-state index contributed by atoms with van der Waals surface area (Å²) in [5.74, 6) is -0.814. The molecule has 0 spiro atoms. The third-order valence-corrected chi connectivity index (χ3v) is 6.07. The second kappa shape index (κ2) is 8.77. The molecule has 2 aromatic carbocycles. The van der Waals surface area contributed by atoms with Crippen molar-refractivity contribution < 1.29 is 14.4 Å². The third-order valence-electron chi connectivity index (χ3n) is 4.79. The highest BCUT2D eigenvalue weighted by atomic mass is 35.5. The van der Waals surface area contributed by atoms with Gasteiger partial charge in [-0.05, 0) is 30.2 Å². The molecule has 2 heterocycles. The molecule has 0 saturated carbocycles. The lowest BCUT2D eigenvalue weighted by Gasteiger charge is -2.13. The lowest BCUT2D eigenvalue weighted by molar-refractivity contribution is -0.116. The van der Waals surface area contributed by atoms with Crippen LogP contribution < -0.4 is 5.32 Å². The Morgan fingerprint density at radius 2 is 1.70 bits per heavy atom. The van der Waals surface area contributed by atoms with Gasteiger partial charge in [0, 0.05) is 35.5 Å². The van der Waals surface area contributed by atoms with Crippen molar-refractivity contribution in [3.63, 3.8) is 0 Å². The maximum atomic E-state index is 12.3. The summed E-state index contributed by atoms with van der Waals surface area (Å²) in [4.78, 5) is 43.3. The van der Waals surface area contributed by atoms with E-state index in [0.29, 0.717) is 34.1 Å². The maximum Gasteiger partial charge on any atom is 0.261 e. The number of rotatable bonds is 7. The molecule has 1 aliphatic heterocycles. The quantitative estimate of drug-likeness (QED) is 0.553. The number of aromatic nitrogens is 1. The normalized spacial score (nSPS) is 12.9. The van der Waals surface area contributed by atoms with E-state index in [4.69, 9.17) is 11.6 Å². The number of hydrogen-bond acceptors (Lipinski definition) is 5. The first-order valence-electron chi connectivity index (χ1n) is 9.46. The van der Waals surface area contributed by atoms with Crippen LogP contribution in [0.3, 0.4) is 0 Å². The van der Waals surface area contributed by atoms with Crippen molar-refractivity contribution in [2.75, 3.05) is 11.9 Å². The van der Waals surface area contributed by atoms with E-state index in [2.05, 4.69) is 10.3 Å². The van der Waals surface area contributed by atoms with Gasteiger partial charge in [-0.1, -0.05) is 41.9 Å². The molecule has 0 radical (unpaired) electrons. The van der Waals surface area contributed by atoms with E-state index in [1.807, 2.05) is 24.3 Å². The number of benzene rings is 2. The Kier molecular flexibility index (Phi) is 5.92.